The van der Waals surface area contributed by atoms with Crippen LogP contribution in [0, 0.1) is 12.7 Å². The molecule has 0 atom stereocenters. The van der Waals surface area contributed by atoms with Crippen molar-refractivity contribution in [2.45, 2.75) is 11.8 Å². The zero-order chi connectivity index (χ0) is 23.3. The number of hydrogen-bond acceptors (Lipinski definition) is 4. The van der Waals surface area contributed by atoms with E-state index in [4.69, 9.17) is 23.2 Å². The normalized spacial score (nSPS) is 11.5. The molecule has 0 aromatic heterocycles. The SMILES string of the molecule is Cc1ccc(S(=O)(=O)N(CC(=O)N/N=C\c2ccc(Cl)cc2Cl)c2ccc(F)cc2)cc1. The van der Waals surface area contributed by atoms with E-state index in [0.29, 0.717) is 15.6 Å². The highest BCUT2D eigenvalue weighted by molar-refractivity contribution is 7.92. The zero-order valence-corrected chi connectivity index (χ0v) is 19.1. The van der Waals surface area contributed by atoms with Crippen molar-refractivity contribution in [3.05, 3.63) is 93.7 Å². The second-order valence-corrected chi connectivity index (χ2v) is 9.47. The molecule has 0 aliphatic carbocycles. The number of amides is 1. The van der Waals surface area contributed by atoms with Gasteiger partial charge in [-0.2, -0.15) is 5.10 Å². The van der Waals surface area contributed by atoms with E-state index in [0.717, 1.165) is 22.0 Å². The minimum absolute atomic E-state index is 0.00308. The Hall–Kier alpha value is -2.94. The van der Waals surface area contributed by atoms with Gasteiger partial charge < -0.3 is 0 Å². The first-order chi connectivity index (χ1) is 15.2. The number of halogens is 3. The number of carbonyl (C=O) groups is 1. The van der Waals surface area contributed by atoms with Crippen molar-refractivity contribution >= 4 is 51.0 Å². The molecular formula is C22H18Cl2FN3O3S. The van der Waals surface area contributed by atoms with E-state index in [1.165, 1.54) is 36.5 Å². The molecule has 0 unspecified atom stereocenters. The molecule has 0 aliphatic heterocycles. The number of anilines is 1. The van der Waals surface area contributed by atoms with Crippen LogP contribution in [0.5, 0.6) is 0 Å². The predicted octanol–water partition coefficient (Wildman–Crippen LogP) is 4.79. The number of rotatable bonds is 7. The van der Waals surface area contributed by atoms with Gasteiger partial charge in [0.05, 0.1) is 21.8 Å². The first-order valence-corrected chi connectivity index (χ1v) is 11.5. The van der Waals surface area contributed by atoms with E-state index in [1.807, 2.05) is 6.92 Å². The van der Waals surface area contributed by atoms with Crippen molar-refractivity contribution in [2.24, 2.45) is 5.10 Å². The number of hydrazone groups is 1. The molecule has 3 aromatic rings. The van der Waals surface area contributed by atoms with Gasteiger partial charge >= 0.3 is 0 Å². The van der Waals surface area contributed by atoms with Crippen molar-refractivity contribution < 1.29 is 17.6 Å². The van der Waals surface area contributed by atoms with Crippen molar-refractivity contribution in [1.29, 1.82) is 0 Å². The second-order valence-electron chi connectivity index (χ2n) is 6.76. The maximum Gasteiger partial charge on any atom is 0.264 e. The summed E-state index contributed by atoms with van der Waals surface area (Å²) in [5, 5.41) is 4.62. The van der Waals surface area contributed by atoms with Gasteiger partial charge in [0.1, 0.15) is 12.4 Å². The molecule has 10 heteroatoms. The molecule has 0 saturated heterocycles. The molecule has 166 valence electrons. The van der Waals surface area contributed by atoms with Gasteiger partial charge in [0.15, 0.2) is 0 Å². The number of carbonyl (C=O) groups excluding carboxylic acids is 1. The second kappa shape index (κ2) is 10.1. The fraction of sp³-hybridized carbons (Fsp3) is 0.0909. The molecule has 0 fully saturated rings. The molecule has 0 saturated carbocycles. The van der Waals surface area contributed by atoms with E-state index < -0.39 is 28.3 Å². The van der Waals surface area contributed by atoms with Crippen LogP contribution in [-0.4, -0.2) is 27.1 Å². The average Bonchev–Trinajstić information content (AvgIpc) is 2.74. The maximum atomic E-state index is 13.4. The van der Waals surface area contributed by atoms with Crippen LogP contribution >= 0.6 is 23.2 Å². The van der Waals surface area contributed by atoms with Crippen LogP contribution in [-0.2, 0) is 14.8 Å². The smallest absolute Gasteiger partial charge is 0.264 e. The van der Waals surface area contributed by atoms with Crippen molar-refractivity contribution in [2.75, 3.05) is 10.8 Å². The molecule has 1 amide bonds. The quantitative estimate of drug-likeness (QED) is 0.379. The summed E-state index contributed by atoms with van der Waals surface area (Å²) in [5.41, 5.74) is 3.80. The molecule has 3 aromatic carbocycles. The fourth-order valence-electron chi connectivity index (χ4n) is 2.71. The van der Waals surface area contributed by atoms with Crippen molar-refractivity contribution in [1.82, 2.24) is 5.43 Å². The van der Waals surface area contributed by atoms with Crippen LogP contribution in [0.1, 0.15) is 11.1 Å². The van der Waals surface area contributed by atoms with Gasteiger partial charge in [-0.05, 0) is 55.5 Å². The summed E-state index contributed by atoms with van der Waals surface area (Å²) < 4.78 is 40.7. The number of benzene rings is 3. The Morgan fingerprint density at radius 2 is 1.72 bits per heavy atom. The molecule has 1 N–H and O–H groups in total. The minimum Gasteiger partial charge on any atom is -0.271 e. The Balaban J connectivity index is 1.83. The highest BCUT2D eigenvalue weighted by Crippen LogP contribution is 2.24. The lowest BCUT2D eigenvalue weighted by Gasteiger charge is -2.23. The largest absolute Gasteiger partial charge is 0.271 e. The molecule has 0 spiro atoms. The lowest BCUT2D eigenvalue weighted by molar-refractivity contribution is -0.119. The molecule has 0 aliphatic rings. The summed E-state index contributed by atoms with van der Waals surface area (Å²) in [7, 11) is -4.11. The predicted molar refractivity (Wildman–Crippen MR) is 124 cm³/mol. The molecular weight excluding hydrogens is 476 g/mol. The van der Waals surface area contributed by atoms with Gasteiger partial charge in [-0.25, -0.2) is 18.2 Å². The van der Waals surface area contributed by atoms with Crippen LogP contribution in [0.15, 0.2) is 76.7 Å². The number of hydrogen-bond donors (Lipinski definition) is 1. The molecule has 0 bridgehead atoms. The number of nitrogens with zero attached hydrogens (tertiary/aromatic N) is 2. The van der Waals surface area contributed by atoms with Crippen molar-refractivity contribution in [3.8, 4) is 0 Å². The number of nitrogens with one attached hydrogen (secondary N) is 1. The molecule has 6 nitrogen and oxygen atoms in total. The molecule has 3 rings (SSSR count). The third-order valence-corrected chi connectivity index (χ3v) is 6.72. The molecule has 32 heavy (non-hydrogen) atoms. The third kappa shape index (κ3) is 5.85. The summed E-state index contributed by atoms with van der Waals surface area (Å²) in [6.45, 7) is 1.25. The Kier molecular flexibility index (Phi) is 7.50. The first kappa shape index (κ1) is 23.7. The summed E-state index contributed by atoms with van der Waals surface area (Å²) in [6, 6.07) is 15.7. The van der Waals surface area contributed by atoms with E-state index in [9.17, 15) is 17.6 Å². The first-order valence-electron chi connectivity index (χ1n) is 9.29. The lowest BCUT2D eigenvalue weighted by Crippen LogP contribution is -2.39. The number of sulfonamides is 1. The lowest BCUT2D eigenvalue weighted by atomic mass is 10.2. The summed E-state index contributed by atoms with van der Waals surface area (Å²) >= 11 is 11.9. The molecule has 0 heterocycles. The standard InChI is InChI=1S/C22H18Cl2FN3O3S/c1-15-2-10-20(11-3-15)32(30,31)28(19-8-6-18(25)7-9-19)14-22(29)27-26-13-16-4-5-17(23)12-21(16)24/h2-13H,14H2,1H3,(H,27,29)/b26-13-. The van der Waals surface area contributed by atoms with Gasteiger partial charge in [0.25, 0.3) is 15.9 Å². The van der Waals surface area contributed by atoms with E-state index in [1.54, 1.807) is 24.3 Å². The summed E-state index contributed by atoms with van der Waals surface area (Å²) in [6.07, 6.45) is 1.31. The van der Waals surface area contributed by atoms with Crippen LogP contribution in [0.4, 0.5) is 10.1 Å². The van der Waals surface area contributed by atoms with Crippen LogP contribution in [0.3, 0.4) is 0 Å². The van der Waals surface area contributed by atoms with Gasteiger partial charge in [0, 0.05) is 10.6 Å². The monoisotopic (exact) mass is 493 g/mol. The zero-order valence-electron chi connectivity index (χ0n) is 16.8. The van der Waals surface area contributed by atoms with E-state index in [2.05, 4.69) is 10.5 Å². The minimum atomic E-state index is -4.11. The fourth-order valence-corrected chi connectivity index (χ4v) is 4.58. The maximum absolute atomic E-state index is 13.4. The summed E-state index contributed by atoms with van der Waals surface area (Å²) in [4.78, 5) is 12.5. The topological polar surface area (TPSA) is 78.8 Å². The highest BCUT2D eigenvalue weighted by Gasteiger charge is 2.27. The van der Waals surface area contributed by atoms with E-state index >= 15 is 0 Å². The highest BCUT2D eigenvalue weighted by atomic mass is 35.5. The summed E-state index contributed by atoms with van der Waals surface area (Å²) in [5.74, 6) is -1.23. The van der Waals surface area contributed by atoms with Crippen LogP contribution in [0.25, 0.3) is 0 Å². The Labute approximate surface area is 195 Å². The van der Waals surface area contributed by atoms with Gasteiger partial charge in [-0.1, -0.05) is 47.0 Å². The average molecular weight is 494 g/mol. The van der Waals surface area contributed by atoms with E-state index in [-0.39, 0.29) is 10.6 Å². The Morgan fingerprint density at radius 3 is 2.34 bits per heavy atom. The van der Waals surface area contributed by atoms with Gasteiger partial charge in [-0.3, -0.25) is 9.10 Å². The Bertz CT molecular complexity index is 1250. The van der Waals surface area contributed by atoms with Crippen LogP contribution in [0.2, 0.25) is 10.0 Å². The van der Waals surface area contributed by atoms with Gasteiger partial charge in [0.2, 0.25) is 0 Å². The van der Waals surface area contributed by atoms with Crippen LogP contribution < -0.4 is 9.73 Å². The third-order valence-electron chi connectivity index (χ3n) is 4.37. The Morgan fingerprint density at radius 1 is 1.06 bits per heavy atom. The van der Waals surface area contributed by atoms with Crippen molar-refractivity contribution in [3.63, 3.8) is 0 Å². The number of aryl methyl sites for hydroxylation is 1. The molecule has 0 radical (unpaired) electrons. The van der Waals surface area contributed by atoms with Gasteiger partial charge in [-0.15, -0.1) is 0 Å².